The van der Waals surface area contributed by atoms with Crippen molar-refractivity contribution < 1.29 is 64.7 Å². The minimum Gasteiger partial charge on any atom is -0.508 e. The number of aromatic hydroxyl groups is 5. The van der Waals surface area contributed by atoms with E-state index in [2.05, 4.69) is 0 Å². The van der Waals surface area contributed by atoms with E-state index in [9.17, 15) is 50.4 Å². The third-order valence-electron chi connectivity index (χ3n) is 5.53. The Morgan fingerprint density at radius 1 is 0.892 bits per heavy atom. The van der Waals surface area contributed by atoms with Gasteiger partial charge in [0.2, 0.25) is 6.29 Å². The van der Waals surface area contributed by atoms with E-state index in [0.717, 1.165) is 24.3 Å². The summed E-state index contributed by atoms with van der Waals surface area (Å²) >= 11 is 0. The molecule has 8 N–H and O–H groups in total. The number of benzene rings is 2. The van der Waals surface area contributed by atoms with Gasteiger partial charge in [0.25, 0.3) is 0 Å². The van der Waals surface area contributed by atoms with Crippen LogP contribution in [0.25, 0.3) is 0 Å². The molecule has 13 nitrogen and oxygen atoms in total. The number of phenols is 5. The fourth-order valence-corrected chi connectivity index (χ4v) is 3.67. The first-order valence-electron chi connectivity index (χ1n) is 11.2. The molecule has 37 heavy (non-hydrogen) atoms. The third-order valence-corrected chi connectivity index (χ3v) is 5.53. The monoisotopic (exact) mass is 524 g/mol. The molecular formula is C24H28O13. The van der Waals surface area contributed by atoms with Gasteiger partial charge in [-0.2, -0.15) is 0 Å². The van der Waals surface area contributed by atoms with Crippen LogP contribution in [0.4, 0.5) is 0 Å². The van der Waals surface area contributed by atoms with Crippen molar-refractivity contribution in [1.29, 1.82) is 0 Å². The van der Waals surface area contributed by atoms with E-state index in [4.69, 9.17) is 14.2 Å². The second kappa shape index (κ2) is 11.1. The van der Waals surface area contributed by atoms with Crippen LogP contribution in [0.2, 0.25) is 0 Å². The number of carbonyl (C=O) groups excluding carboxylic acids is 2. The van der Waals surface area contributed by atoms with Crippen molar-refractivity contribution in [3.63, 3.8) is 0 Å². The van der Waals surface area contributed by atoms with Crippen molar-refractivity contribution in [2.45, 2.75) is 51.0 Å². The zero-order valence-corrected chi connectivity index (χ0v) is 19.8. The molecule has 1 saturated heterocycles. The Hall–Kier alpha value is -3.78. The van der Waals surface area contributed by atoms with Crippen LogP contribution in [0.1, 0.15) is 41.0 Å². The smallest absolute Gasteiger partial charge is 0.338 e. The van der Waals surface area contributed by atoms with Crippen LogP contribution in [0.3, 0.4) is 0 Å². The summed E-state index contributed by atoms with van der Waals surface area (Å²) in [6.45, 7) is 2.85. The summed E-state index contributed by atoms with van der Waals surface area (Å²) in [5, 5.41) is 79.6. The standard InChI is InChI=1S/C24H28O13/c1-9(2)3-12(26)18-13(27)6-11(25)7-16(18)36-24-22(33)21(32)20(31)17(37-24)8-35-23(34)10-4-14(28)19(30)15(29)5-10/h4-7,9,17,20-22,24-25,27-33H,3,8H2,1-2H3. The molecule has 1 aliphatic heterocycles. The van der Waals surface area contributed by atoms with Crippen molar-refractivity contribution >= 4 is 11.8 Å². The first-order chi connectivity index (χ1) is 17.3. The van der Waals surface area contributed by atoms with E-state index >= 15 is 0 Å². The minimum atomic E-state index is -1.86. The van der Waals surface area contributed by atoms with Crippen LogP contribution in [0.15, 0.2) is 24.3 Å². The van der Waals surface area contributed by atoms with Crippen LogP contribution < -0.4 is 4.74 Å². The first-order valence-corrected chi connectivity index (χ1v) is 11.2. The highest BCUT2D eigenvalue weighted by molar-refractivity contribution is 6.01. The van der Waals surface area contributed by atoms with E-state index in [1.807, 2.05) is 0 Å². The molecule has 1 aliphatic rings. The maximum absolute atomic E-state index is 12.7. The number of Topliss-reactive ketones (excluding diaryl/α,β-unsaturated/α-hetero) is 1. The Morgan fingerprint density at radius 2 is 1.51 bits per heavy atom. The molecule has 0 aromatic heterocycles. The molecule has 3 rings (SSSR count). The molecule has 0 bridgehead atoms. The number of aliphatic hydroxyl groups excluding tert-OH is 3. The molecule has 5 atom stereocenters. The lowest BCUT2D eigenvalue weighted by atomic mass is 9.98. The Balaban J connectivity index is 1.79. The van der Waals surface area contributed by atoms with Gasteiger partial charge in [0.1, 0.15) is 53.8 Å². The van der Waals surface area contributed by atoms with E-state index in [0.29, 0.717) is 0 Å². The van der Waals surface area contributed by atoms with Gasteiger partial charge in [-0.1, -0.05) is 13.8 Å². The molecule has 1 fully saturated rings. The zero-order valence-electron chi connectivity index (χ0n) is 19.8. The minimum absolute atomic E-state index is 0.0189. The normalized spacial score (nSPS) is 23.6. The lowest BCUT2D eigenvalue weighted by Crippen LogP contribution is -2.60. The van der Waals surface area contributed by atoms with Crippen molar-refractivity contribution in [3.05, 3.63) is 35.4 Å². The van der Waals surface area contributed by atoms with Gasteiger partial charge in [-0.3, -0.25) is 4.79 Å². The number of phenolic OH excluding ortho intramolecular Hbond substituents is 5. The van der Waals surface area contributed by atoms with E-state index < -0.39 is 77.8 Å². The number of rotatable bonds is 8. The Labute approximate surface area is 210 Å². The summed E-state index contributed by atoms with van der Waals surface area (Å²) in [5.41, 5.74) is -0.645. The van der Waals surface area contributed by atoms with Crippen LogP contribution >= 0.6 is 0 Å². The molecule has 0 saturated carbocycles. The Bertz CT molecular complexity index is 1140. The average Bonchev–Trinajstić information content (AvgIpc) is 2.80. The largest absolute Gasteiger partial charge is 0.508 e. The Morgan fingerprint density at radius 3 is 2.11 bits per heavy atom. The SMILES string of the molecule is CC(C)CC(=O)c1c(O)cc(O)cc1OC1OC(COC(=O)c2cc(O)c(O)c(O)c2)C(O)C(O)C1O. The maximum atomic E-state index is 12.7. The third kappa shape index (κ3) is 6.14. The predicted octanol–water partition coefficient (Wildman–Crippen LogP) is 0.487. The number of esters is 1. The van der Waals surface area contributed by atoms with Gasteiger partial charge in [-0.05, 0) is 18.1 Å². The second-order valence-electron chi connectivity index (χ2n) is 8.95. The second-order valence-corrected chi connectivity index (χ2v) is 8.95. The van der Waals surface area contributed by atoms with Gasteiger partial charge in [-0.25, -0.2) is 4.79 Å². The molecular weight excluding hydrogens is 496 g/mol. The lowest BCUT2D eigenvalue weighted by Gasteiger charge is -2.40. The maximum Gasteiger partial charge on any atom is 0.338 e. The summed E-state index contributed by atoms with van der Waals surface area (Å²) in [7, 11) is 0. The van der Waals surface area contributed by atoms with Crippen molar-refractivity contribution in [3.8, 4) is 34.5 Å². The molecule has 2 aromatic rings. The van der Waals surface area contributed by atoms with Crippen LogP contribution in [-0.2, 0) is 9.47 Å². The average molecular weight is 524 g/mol. The van der Waals surface area contributed by atoms with Crippen molar-refractivity contribution in [1.82, 2.24) is 0 Å². The number of hydrogen-bond donors (Lipinski definition) is 8. The number of ether oxygens (including phenoxy) is 3. The summed E-state index contributed by atoms with van der Waals surface area (Å²) in [4.78, 5) is 25.0. The zero-order chi connectivity index (χ0) is 27.6. The summed E-state index contributed by atoms with van der Waals surface area (Å²) in [6.07, 6.45) is -8.66. The van der Waals surface area contributed by atoms with Gasteiger partial charge in [0.15, 0.2) is 23.0 Å². The van der Waals surface area contributed by atoms with Crippen molar-refractivity contribution in [2.75, 3.05) is 6.61 Å². The molecule has 0 radical (unpaired) electrons. The fourth-order valence-electron chi connectivity index (χ4n) is 3.67. The molecule has 13 heteroatoms. The number of hydrogen-bond acceptors (Lipinski definition) is 13. The van der Waals surface area contributed by atoms with Gasteiger partial charge >= 0.3 is 5.97 Å². The molecule has 0 aliphatic carbocycles. The summed E-state index contributed by atoms with van der Waals surface area (Å²) in [6, 6.07) is 3.58. The molecule has 202 valence electrons. The summed E-state index contributed by atoms with van der Waals surface area (Å²) in [5.74, 6) is -5.54. The van der Waals surface area contributed by atoms with Gasteiger partial charge in [0, 0.05) is 18.6 Å². The molecule has 2 aromatic carbocycles. The molecule has 1 heterocycles. The topological polar surface area (TPSA) is 224 Å². The highest BCUT2D eigenvalue weighted by Gasteiger charge is 2.46. The highest BCUT2D eigenvalue weighted by atomic mass is 16.7. The van der Waals surface area contributed by atoms with E-state index in [1.165, 1.54) is 0 Å². The molecule has 0 spiro atoms. The quantitative estimate of drug-likeness (QED) is 0.134. The van der Waals surface area contributed by atoms with E-state index in [1.54, 1.807) is 13.8 Å². The summed E-state index contributed by atoms with van der Waals surface area (Å²) < 4.78 is 16.0. The van der Waals surface area contributed by atoms with E-state index in [-0.39, 0.29) is 29.2 Å². The fraction of sp³-hybridized carbons (Fsp3) is 0.417. The van der Waals surface area contributed by atoms with Gasteiger partial charge in [-0.15, -0.1) is 0 Å². The van der Waals surface area contributed by atoms with Crippen LogP contribution in [-0.4, -0.2) is 89.9 Å². The molecule has 5 unspecified atom stereocenters. The van der Waals surface area contributed by atoms with Gasteiger partial charge < -0.3 is 55.1 Å². The van der Waals surface area contributed by atoms with Gasteiger partial charge in [0.05, 0.1) is 5.56 Å². The molecule has 0 amide bonds. The van der Waals surface area contributed by atoms with Crippen molar-refractivity contribution in [2.24, 2.45) is 5.92 Å². The van der Waals surface area contributed by atoms with Crippen LogP contribution in [0.5, 0.6) is 34.5 Å². The lowest BCUT2D eigenvalue weighted by molar-refractivity contribution is -0.277. The Kier molecular flexibility index (Phi) is 8.33. The first kappa shape index (κ1) is 27.8. The number of aliphatic hydroxyl groups is 3. The number of ketones is 1. The predicted molar refractivity (Wildman–Crippen MR) is 123 cm³/mol. The van der Waals surface area contributed by atoms with Crippen LogP contribution in [0, 0.1) is 5.92 Å². The number of carbonyl (C=O) groups is 2. The highest BCUT2D eigenvalue weighted by Crippen LogP contribution is 2.37.